The van der Waals surface area contributed by atoms with Crippen molar-refractivity contribution in [3.63, 3.8) is 0 Å². The van der Waals surface area contributed by atoms with Gasteiger partial charge < -0.3 is 23.0 Å². The first kappa shape index (κ1) is 29.4. The maximum atomic E-state index is 14.2. The molecule has 0 aliphatic rings. The van der Waals surface area contributed by atoms with Crippen molar-refractivity contribution in [3.05, 3.63) is 112 Å². The molecule has 4 aromatic carbocycles. The molecule has 0 N–H and O–H groups in total. The summed E-state index contributed by atoms with van der Waals surface area (Å²) in [5.41, 5.74) is 0.904. The fourth-order valence-corrected chi connectivity index (χ4v) is 4.75. The number of hydrogen-bond donors (Lipinski definition) is 0. The van der Waals surface area contributed by atoms with E-state index in [2.05, 4.69) is 0 Å². The van der Waals surface area contributed by atoms with E-state index in [4.69, 9.17) is 23.0 Å². The summed E-state index contributed by atoms with van der Waals surface area (Å²) < 4.78 is 96.7. The lowest BCUT2D eigenvalue weighted by Crippen LogP contribution is -2.29. The number of benzene rings is 4. The molecule has 7 nitrogen and oxygen atoms in total. The first-order valence-corrected chi connectivity index (χ1v) is 13.2. The van der Waals surface area contributed by atoms with Crippen LogP contribution in [0.1, 0.15) is 6.92 Å². The van der Waals surface area contributed by atoms with E-state index in [0.717, 1.165) is 6.92 Å². The average molecular weight is 622 g/mol. The third-order valence-corrected chi connectivity index (χ3v) is 6.93. The van der Waals surface area contributed by atoms with Gasteiger partial charge in [0.15, 0.2) is 23.2 Å². The molecule has 6 rings (SSSR count). The number of methoxy groups -OCH3 is 1. The van der Waals surface area contributed by atoms with Gasteiger partial charge in [0.05, 0.1) is 7.11 Å². The number of halogens is 5. The van der Waals surface area contributed by atoms with Crippen molar-refractivity contribution in [2.24, 2.45) is 0 Å². The number of rotatable bonds is 7. The highest BCUT2D eigenvalue weighted by atomic mass is 19.2. The minimum absolute atomic E-state index is 0.102. The summed E-state index contributed by atoms with van der Waals surface area (Å²) in [7, 11) is 1.48. The van der Waals surface area contributed by atoms with E-state index < -0.39 is 52.5 Å². The molecule has 45 heavy (non-hydrogen) atoms. The van der Waals surface area contributed by atoms with Crippen LogP contribution < -0.4 is 19.8 Å². The summed E-state index contributed by atoms with van der Waals surface area (Å²) in [6, 6.07) is 19.5. The molecule has 0 aliphatic carbocycles. The van der Waals surface area contributed by atoms with E-state index >= 15 is 0 Å². The Bertz CT molecular complexity index is 2140. The second kappa shape index (κ2) is 11.5. The van der Waals surface area contributed by atoms with E-state index in [1.165, 1.54) is 25.3 Å². The molecule has 0 amide bonds. The molecular formula is C33H19F5O7. The van der Waals surface area contributed by atoms with Crippen LogP contribution in [0.2, 0.25) is 0 Å². The number of esters is 1. The lowest BCUT2D eigenvalue weighted by molar-refractivity contribution is -0.141. The van der Waals surface area contributed by atoms with Crippen LogP contribution in [-0.2, 0) is 4.79 Å². The van der Waals surface area contributed by atoms with E-state index in [1.54, 1.807) is 54.6 Å². The maximum absolute atomic E-state index is 14.2. The highest BCUT2D eigenvalue weighted by molar-refractivity contribution is 5.99. The minimum Gasteiger partial charge on any atom is -0.493 e. The molecule has 0 fully saturated rings. The molecule has 0 bridgehead atoms. The standard InChI is InChI=1S/C33H19F5O7/c1-15(42-32-29(37)27(35)26(34)28(36)30(32)38)33(40)45-23-13-19-20(22-11-17-9-6-10-21(41-2)31(17)44-22)14-25(39)43-24(19)12-18(23)16-7-4-3-5-8-16/h3-15H,1-2H3. The van der Waals surface area contributed by atoms with Gasteiger partial charge in [0.25, 0.3) is 0 Å². The molecule has 0 saturated heterocycles. The van der Waals surface area contributed by atoms with Gasteiger partial charge in [-0.2, -0.15) is 8.78 Å². The first-order valence-electron chi connectivity index (χ1n) is 13.2. The zero-order valence-corrected chi connectivity index (χ0v) is 23.3. The predicted molar refractivity (Wildman–Crippen MR) is 152 cm³/mol. The van der Waals surface area contributed by atoms with Crippen LogP contribution in [0.3, 0.4) is 0 Å². The second-order valence-electron chi connectivity index (χ2n) is 9.76. The lowest BCUT2D eigenvalue weighted by Gasteiger charge is -2.17. The van der Waals surface area contributed by atoms with Crippen molar-refractivity contribution < 1.29 is 49.8 Å². The number of hydrogen-bond acceptors (Lipinski definition) is 7. The molecule has 2 aromatic heterocycles. The molecule has 6 aromatic rings. The summed E-state index contributed by atoms with van der Waals surface area (Å²) in [5, 5.41) is 0.959. The van der Waals surface area contributed by atoms with Gasteiger partial charge in [0, 0.05) is 28.0 Å². The number of carbonyl (C=O) groups excluding carboxylic acids is 1. The van der Waals surface area contributed by atoms with Crippen molar-refractivity contribution in [2.75, 3.05) is 7.11 Å². The van der Waals surface area contributed by atoms with Crippen LogP contribution in [-0.4, -0.2) is 19.2 Å². The molecule has 0 saturated carbocycles. The molecule has 1 atom stereocenters. The largest absolute Gasteiger partial charge is 0.493 e. The van der Waals surface area contributed by atoms with Crippen LogP contribution in [0.25, 0.3) is 44.4 Å². The lowest BCUT2D eigenvalue weighted by atomic mass is 10.00. The van der Waals surface area contributed by atoms with Crippen LogP contribution in [0.15, 0.2) is 86.4 Å². The number of furan rings is 1. The van der Waals surface area contributed by atoms with Gasteiger partial charge >= 0.3 is 11.6 Å². The topological polar surface area (TPSA) is 88.1 Å². The Balaban J connectivity index is 1.46. The third-order valence-electron chi connectivity index (χ3n) is 6.93. The Morgan fingerprint density at radius 1 is 0.756 bits per heavy atom. The molecular weight excluding hydrogens is 603 g/mol. The quantitative estimate of drug-likeness (QED) is 0.0446. The van der Waals surface area contributed by atoms with E-state index in [-0.39, 0.29) is 33.6 Å². The van der Waals surface area contributed by atoms with Crippen molar-refractivity contribution >= 4 is 27.9 Å². The summed E-state index contributed by atoms with van der Waals surface area (Å²) in [5.74, 6) is -13.6. The number of ether oxygens (including phenoxy) is 3. The van der Waals surface area contributed by atoms with Gasteiger partial charge in [-0.25, -0.2) is 22.8 Å². The van der Waals surface area contributed by atoms with Gasteiger partial charge in [-0.15, -0.1) is 0 Å². The Hall–Kier alpha value is -5.65. The Morgan fingerprint density at radius 3 is 2.13 bits per heavy atom. The minimum atomic E-state index is -2.37. The zero-order chi connectivity index (χ0) is 32.0. The van der Waals surface area contributed by atoms with Gasteiger partial charge in [-0.3, -0.25) is 0 Å². The normalized spacial score (nSPS) is 12.0. The fraction of sp³-hybridized carbons (Fsp3) is 0.0909. The molecule has 0 radical (unpaired) electrons. The predicted octanol–water partition coefficient (Wildman–Crippen LogP) is 7.95. The molecule has 0 spiro atoms. The van der Waals surface area contributed by atoms with Crippen molar-refractivity contribution in [1.29, 1.82) is 0 Å². The monoisotopic (exact) mass is 622 g/mol. The zero-order valence-electron chi connectivity index (χ0n) is 23.3. The van der Waals surface area contributed by atoms with E-state index in [9.17, 15) is 31.5 Å². The van der Waals surface area contributed by atoms with Crippen LogP contribution in [0, 0.1) is 29.1 Å². The SMILES string of the molecule is COc1cccc2cc(-c3cc(=O)oc4cc(-c5ccccc5)c(OC(=O)C(C)Oc5c(F)c(F)c(F)c(F)c5F)cc34)oc12. The van der Waals surface area contributed by atoms with Crippen molar-refractivity contribution in [1.82, 2.24) is 0 Å². The van der Waals surface area contributed by atoms with Crippen molar-refractivity contribution in [3.8, 4) is 39.7 Å². The summed E-state index contributed by atoms with van der Waals surface area (Å²) in [6.07, 6.45) is -1.84. The van der Waals surface area contributed by atoms with Crippen LogP contribution >= 0.6 is 0 Å². The molecule has 2 heterocycles. The fourth-order valence-electron chi connectivity index (χ4n) is 4.75. The Morgan fingerprint density at radius 2 is 1.44 bits per heavy atom. The van der Waals surface area contributed by atoms with E-state index in [0.29, 0.717) is 22.3 Å². The van der Waals surface area contributed by atoms with Gasteiger partial charge in [0.1, 0.15) is 17.1 Å². The smallest absolute Gasteiger partial charge is 0.352 e. The van der Waals surface area contributed by atoms with Crippen molar-refractivity contribution in [2.45, 2.75) is 13.0 Å². The van der Waals surface area contributed by atoms with Gasteiger partial charge in [-0.1, -0.05) is 42.5 Å². The van der Waals surface area contributed by atoms with Gasteiger partial charge in [-0.05, 0) is 36.8 Å². The molecule has 12 heteroatoms. The summed E-state index contributed by atoms with van der Waals surface area (Å²) in [6.45, 7) is 1.01. The van der Waals surface area contributed by atoms with Crippen LogP contribution in [0.4, 0.5) is 22.0 Å². The number of para-hydroxylation sites is 1. The highest BCUT2D eigenvalue weighted by Crippen LogP contribution is 2.40. The molecule has 228 valence electrons. The summed E-state index contributed by atoms with van der Waals surface area (Å²) >= 11 is 0. The maximum Gasteiger partial charge on any atom is 0.352 e. The molecule has 0 aliphatic heterocycles. The van der Waals surface area contributed by atoms with Crippen LogP contribution in [0.5, 0.6) is 17.2 Å². The van der Waals surface area contributed by atoms with E-state index in [1.807, 2.05) is 0 Å². The number of fused-ring (bicyclic) bond motifs is 2. The number of carbonyl (C=O) groups is 1. The average Bonchev–Trinajstić information content (AvgIpc) is 3.49. The first-order chi connectivity index (χ1) is 21.6. The molecule has 1 unspecified atom stereocenters. The summed E-state index contributed by atoms with van der Waals surface area (Å²) in [4.78, 5) is 25.8. The Labute approximate surface area is 250 Å². The third kappa shape index (κ3) is 5.24. The second-order valence-corrected chi connectivity index (χ2v) is 9.76. The Kier molecular flexibility index (Phi) is 7.49. The van der Waals surface area contributed by atoms with Gasteiger partial charge in [0.2, 0.25) is 29.1 Å². The highest BCUT2D eigenvalue weighted by Gasteiger charge is 2.30.